The number of phosphoric ester groups is 1. The van der Waals surface area contributed by atoms with Crippen LogP contribution in [0.4, 0.5) is 0 Å². The summed E-state index contributed by atoms with van der Waals surface area (Å²) in [5.74, 6) is -0.548. The second-order valence-electron chi connectivity index (χ2n) is 24.3. The van der Waals surface area contributed by atoms with Crippen molar-refractivity contribution in [3.05, 3.63) is 122 Å². The Morgan fingerprint density at radius 2 is 0.753 bits per heavy atom. The van der Waals surface area contributed by atoms with Gasteiger partial charge in [0, 0.05) is 12.8 Å². The number of nitrogens with zero attached hydrogens (tertiary/aromatic N) is 1. The number of amides is 1. The van der Waals surface area contributed by atoms with Crippen LogP contribution in [0.3, 0.4) is 0 Å². The van der Waals surface area contributed by atoms with Gasteiger partial charge in [-0.2, -0.15) is 0 Å². The predicted molar refractivity (Wildman–Crippen MR) is 369 cm³/mol. The van der Waals surface area contributed by atoms with Gasteiger partial charge in [-0.1, -0.05) is 277 Å². The molecule has 488 valence electrons. The van der Waals surface area contributed by atoms with Crippen molar-refractivity contribution in [1.82, 2.24) is 5.32 Å². The van der Waals surface area contributed by atoms with Crippen LogP contribution in [0.25, 0.3) is 0 Å². The molecule has 0 heterocycles. The van der Waals surface area contributed by atoms with Gasteiger partial charge >= 0.3 is 13.8 Å². The average molecular weight is 1200 g/mol. The van der Waals surface area contributed by atoms with Crippen molar-refractivity contribution < 1.29 is 37.3 Å². The summed E-state index contributed by atoms with van der Waals surface area (Å²) in [4.78, 5) is 37.9. The number of unbranched alkanes of at least 4 members (excludes halogenated alkanes) is 28. The number of rotatable bonds is 62. The number of hydrogen-bond acceptors (Lipinski definition) is 6. The van der Waals surface area contributed by atoms with Crippen LogP contribution in [0.15, 0.2) is 122 Å². The van der Waals surface area contributed by atoms with Gasteiger partial charge in [0.1, 0.15) is 19.3 Å². The summed E-state index contributed by atoms with van der Waals surface area (Å²) in [5, 5.41) is 3.05. The van der Waals surface area contributed by atoms with E-state index in [1.807, 2.05) is 33.3 Å². The molecule has 10 heteroatoms. The number of carbonyl (C=O) groups is 2. The summed E-state index contributed by atoms with van der Waals surface area (Å²) in [6.07, 6.45) is 89.2. The minimum absolute atomic E-state index is 0.0273. The van der Waals surface area contributed by atoms with Gasteiger partial charge in [0.05, 0.1) is 33.8 Å². The lowest BCUT2D eigenvalue weighted by molar-refractivity contribution is -0.870. The Morgan fingerprint density at radius 1 is 0.424 bits per heavy atom. The molecule has 0 spiro atoms. The molecular formula is C75H132N2O7P+. The van der Waals surface area contributed by atoms with Crippen LogP contribution in [0.5, 0.6) is 0 Å². The number of phosphoric acid groups is 1. The van der Waals surface area contributed by atoms with Crippen molar-refractivity contribution in [3.63, 3.8) is 0 Å². The maximum atomic E-state index is 13.6. The fourth-order valence-corrected chi connectivity index (χ4v) is 10.3. The first kappa shape index (κ1) is 81.4. The monoisotopic (exact) mass is 1200 g/mol. The van der Waals surface area contributed by atoms with Gasteiger partial charge in [-0.3, -0.25) is 18.6 Å². The standard InChI is InChI=1S/C75H131N2O7P/c1-7-10-13-16-19-22-25-28-30-32-34-35-36-37-38-39-40-41-43-45-47-50-53-56-59-62-65-68-75(79)84-73(66-63-60-57-54-51-48-27-24-21-18-15-12-9-3)72(71-83-85(80,81)82-70-69-77(4,5)6)76-74(78)67-64-61-58-55-52-49-46-44-42-33-31-29-26-23-20-17-14-11-8-2/h11,14,19-20,22-23,28-31,34-35,37-38,42,44,49,52,63,66,72-73H,7-10,12-13,15-18,21,24-27,32-33,36,39-41,43,45-48,50-51,53-62,64-65,67-71H2,1-6H3,(H-,76,78,80,81)/p+1/b14-11-,22-19-,23-20-,30-28-,31-29-,35-34-,38-37-,44-42-,52-49-,66-63-. The highest BCUT2D eigenvalue weighted by atomic mass is 31.2. The fraction of sp³-hybridized carbons (Fsp3) is 0.707. The van der Waals surface area contributed by atoms with E-state index in [0.717, 1.165) is 109 Å². The highest BCUT2D eigenvalue weighted by Gasteiger charge is 2.30. The first-order chi connectivity index (χ1) is 41.4. The maximum Gasteiger partial charge on any atom is 0.472 e. The third-order valence-corrected chi connectivity index (χ3v) is 15.9. The number of nitrogens with one attached hydrogen (secondary N) is 1. The Labute approximate surface area is 524 Å². The summed E-state index contributed by atoms with van der Waals surface area (Å²) in [6, 6.07) is -0.876. The molecule has 0 fully saturated rings. The number of hydrogen-bond donors (Lipinski definition) is 2. The smallest absolute Gasteiger partial charge is 0.456 e. The predicted octanol–water partition coefficient (Wildman–Crippen LogP) is 22.2. The molecule has 0 aromatic carbocycles. The Hall–Kier alpha value is -3.59. The topological polar surface area (TPSA) is 111 Å². The zero-order chi connectivity index (χ0) is 62.1. The lowest BCUT2D eigenvalue weighted by atomic mass is 10.0. The third kappa shape index (κ3) is 64.7. The minimum Gasteiger partial charge on any atom is -0.456 e. The molecule has 0 aromatic heterocycles. The van der Waals surface area contributed by atoms with Crippen molar-refractivity contribution in [2.24, 2.45) is 0 Å². The van der Waals surface area contributed by atoms with E-state index in [1.54, 1.807) is 0 Å². The third-order valence-electron chi connectivity index (χ3n) is 14.9. The van der Waals surface area contributed by atoms with E-state index in [1.165, 1.54) is 141 Å². The highest BCUT2D eigenvalue weighted by molar-refractivity contribution is 7.47. The van der Waals surface area contributed by atoms with Crippen LogP contribution in [-0.4, -0.2) is 74.3 Å². The number of quaternary nitrogens is 1. The summed E-state index contributed by atoms with van der Waals surface area (Å²) in [7, 11) is 1.46. The summed E-state index contributed by atoms with van der Waals surface area (Å²) in [5.41, 5.74) is 0. The maximum absolute atomic E-state index is 13.6. The molecule has 0 saturated heterocycles. The Kier molecular flexibility index (Phi) is 60.8. The lowest BCUT2D eigenvalue weighted by Gasteiger charge is -2.27. The molecule has 0 saturated carbocycles. The van der Waals surface area contributed by atoms with Gasteiger partial charge in [0.25, 0.3) is 0 Å². The Balaban J connectivity index is 5.17. The van der Waals surface area contributed by atoms with Crippen molar-refractivity contribution in [1.29, 1.82) is 0 Å². The van der Waals surface area contributed by atoms with Crippen molar-refractivity contribution in [2.45, 2.75) is 303 Å². The lowest BCUT2D eigenvalue weighted by Crippen LogP contribution is -2.47. The van der Waals surface area contributed by atoms with E-state index in [9.17, 15) is 19.0 Å². The molecule has 1 amide bonds. The van der Waals surface area contributed by atoms with Gasteiger partial charge in [0.15, 0.2) is 0 Å². The van der Waals surface area contributed by atoms with Crippen LogP contribution in [-0.2, 0) is 27.9 Å². The molecule has 0 aliphatic heterocycles. The number of allylic oxidation sites excluding steroid dienone is 19. The van der Waals surface area contributed by atoms with Crippen molar-refractivity contribution in [2.75, 3.05) is 40.9 Å². The Morgan fingerprint density at radius 3 is 1.16 bits per heavy atom. The van der Waals surface area contributed by atoms with E-state index in [-0.39, 0.29) is 37.9 Å². The van der Waals surface area contributed by atoms with Crippen LogP contribution in [0.1, 0.15) is 290 Å². The van der Waals surface area contributed by atoms with Crippen LogP contribution in [0.2, 0.25) is 0 Å². The normalized spacial score (nSPS) is 14.3. The van der Waals surface area contributed by atoms with Gasteiger partial charge in [-0.05, 0) is 122 Å². The van der Waals surface area contributed by atoms with E-state index in [2.05, 4.69) is 135 Å². The van der Waals surface area contributed by atoms with E-state index < -0.39 is 20.0 Å². The zero-order valence-corrected chi connectivity index (χ0v) is 56.7. The first-order valence-electron chi connectivity index (χ1n) is 34.9. The van der Waals surface area contributed by atoms with Crippen LogP contribution >= 0.6 is 7.82 Å². The molecular weight excluding hydrogens is 1070 g/mol. The first-order valence-corrected chi connectivity index (χ1v) is 36.4. The summed E-state index contributed by atoms with van der Waals surface area (Å²) < 4.78 is 30.8. The molecule has 2 N–H and O–H groups in total. The summed E-state index contributed by atoms with van der Waals surface area (Å²) >= 11 is 0. The molecule has 85 heavy (non-hydrogen) atoms. The van der Waals surface area contributed by atoms with Gasteiger partial charge < -0.3 is 19.4 Å². The molecule has 3 atom stereocenters. The molecule has 0 radical (unpaired) electrons. The van der Waals surface area contributed by atoms with Crippen LogP contribution < -0.4 is 5.32 Å². The second-order valence-corrected chi connectivity index (χ2v) is 25.8. The molecule has 0 bridgehead atoms. The van der Waals surface area contributed by atoms with Gasteiger partial charge in [-0.25, -0.2) is 4.57 Å². The average Bonchev–Trinajstić information content (AvgIpc) is 3.50. The molecule has 0 rings (SSSR count). The fourth-order valence-electron chi connectivity index (χ4n) is 9.54. The minimum atomic E-state index is -4.47. The van der Waals surface area contributed by atoms with Crippen LogP contribution in [0, 0.1) is 0 Å². The largest absolute Gasteiger partial charge is 0.472 e. The molecule has 9 nitrogen and oxygen atoms in total. The number of carbonyl (C=O) groups excluding carboxylic acids is 2. The SMILES string of the molecule is CC/C=C\C/C=C\C/C=C\C/C=C\C/C=C\CCCCCC(=O)NC(COP(=O)(O)OCC[N+](C)(C)C)C(/C=C\CCCCCCCCCCCCC)OC(=O)CCCCCCCCCCCCC/C=C\C/C=C\C/C=C\C/C=C\CCCCC. The van der Waals surface area contributed by atoms with Crippen molar-refractivity contribution in [3.8, 4) is 0 Å². The summed E-state index contributed by atoms with van der Waals surface area (Å²) in [6.45, 7) is 6.85. The molecule has 0 aliphatic carbocycles. The Bertz CT molecular complexity index is 1870. The highest BCUT2D eigenvalue weighted by Crippen LogP contribution is 2.43. The van der Waals surface area contributed by atoms with E-state index in [4.69, 9.17) is 13.8 Å². The number of ether oxygens (including phenoxy) is 1. The molecule has 0 aromatic rings. The zero-order valence-electron chi connectivity index (χ0n) is 55.8. The molecule has 3 unspecified atom stereocenters. The van der Waals surface area contributed by atoms with E-state index in [0.29, 0.717) is 17.4 Å². The number of esters is 1. The van der Waals surface area contributed by atoms with Crippen molar-refractivity contribution >= 4 is 19.7 Å². The van der Waals surface area contributed by atoms with Gasteiger partial charge in [-0.15, -0.1) is 0 Å². The quantitative estimate of drug-likeness (QED) is 0.0205. The number of likely N-dealkylation sites (N-methyl/N-ethyl adjacent to an activating group) is 1. The second kappa shape index (κ2) is 63.4. The van der Waals surface area contributed by atoms with E-state index >= 15 is 0 Å². The van der Waals surface area contributed by atoms with Gasteiger partial charge in [0.2, 0.25) is 5.91 Å². The molecule has 0 aliphatic rings.